The number of pyridine rings is 1. The average Bonchev–Trinajstić information content (AvgIpc) is 2.95. The first-order valence-corrected chi connectivity index (χ1v) is 8.56. The molecule has 0 atom stereocenters. The zero-order valence-corrected chi connectivity index (χ0v) is 13.9. The van der Waals surface area contributed by atoms with Gasteiger partial charge in [-0.25, -0.2) is 0 Å². The highest BCUT2D eigenvalue weighted by Crippen LogP contribution is 2.18. The van der Waals surface area contributed by atoms with Gasteiger partial charge in [0, 0.05) is 30.4 Å². The smallest absolute Gasteiger partial charge is 0.255 e. The van der Waals surface area contributed by atoms with Crippen LogP contribution in [0.1, 0.15) is 68.7 Å². The van der Waals surface area contributed by atoms with Crippen molar-refractivity contribution in [2.24, 2.45) is 0 Å². The molecule has 0 aliphatic heterocycles. The molecule has 1 fully saturated rings. The van der Waals surface area contributed by atoms with E-state index in [1.165, 1.54) is 38.5 Å². The minimum absolute atomic E-state index is 0.217. The number of nitrogens with zero attached hydrogens (tertiary/aromatic N) is 1. The Hall–Kier alpha value is -1.09. The van der Waals surface area contributed by atoms with Gasteiger partial charge in [0.05, 0.1) is 0 Å². The van der Waals surface area contributed by atoms with Crippen LogP contribution < -0.4 is 10.9 Å². The van der Waals surface area contributed by atoms with Crippen LogP contribution in [-0.4, -0.2) is 10.6 Å². The molecule has 0 aromatic carbocycles. The predicted molar refractivity (Wildman–Crippen MR) is 88.8 cm³/mol. The highest BCUT2D eigenvalue weighted by molar-refractivity contribution is 5.26. The summed E-state index contributed by atoms with van der Waals surface area (Å²) in [4.78, 5) is 12.7. The van der Waals surface area contributed by atoms with Crippen molar-refractivity contribution in [2.75, 3.05) is 0 Å². The summed E-state index contributed by atoms with van der Waals surface area (Å²) in [5.41, 5.74) is 3.41. The van der Waals surface area contributed by atoms with Crippen molar-refractivity contribution in [2.45, 2.75) is 84.8 Å². The van der Waals surface area contributed by atoms with E-state index in [1.54, 1.807) is 0 Å². The molecule has 0 unspecified atom stereocenters. The molecular formula is C18H30N2O. The molecule has 1 heterocycles. The summed E-state index contributed by atoms with van der Waals surface area (Å²) in [6.07, 6.45) is 8.64. The lowest BCUT2D eigenvalue weighted by Gasteiger charge is -2.17. The largest absolute Gasteiger partial charge is 0.313 e. The van der Waals surface area contributed by atoms with Gasteiger partial charge in [0.25, 0.3) is 5.56 Å². The van der Waals surface area contributed by atoms with Crippen molar-refractivity contribution in [1.82, 2.24) is 9.88 Å². The average molecular weight is 290 g/mol. The second-order valence-electron chi connectivity index (χ2n) is 6.47. The van der Waals surface area contributed by atoms with Crippen LogP contribution in [0.5, 0.6) is 0 Å². The Kier molecular flexibility index (Phi) is 6.04. The first-order valence-electron chi connectivity index (χ1n) is 8.56. The van der Waals surface area contributed by atoms with Gasteiger partial charge in [-0.15, -0.1) is 0 Å². The first kappa shape index (κ1) is 16.3. The Morgan fingerprint density at radius 3 is 2.62 bits per heavy atom. The van der Waals surface area contributed by atoms with Crippen LogP contribution in [0, 0.1) is 13.8 Å². The van der Waals surface area contributed by atoms with Crippen molar-refractivity contribution >= 4 is 0 Å². The highest BCUT2D eigenvalue weighted by Gasteiger charge is 2.16. The van der Waals surface area contributed by atoms with Crippen LogP contribution >= 0.6 is 0 Å². The van der Waals surface area contributed by atoms with Crippen molar-refractivity contribution in [1.29, 1.82) is 0 Å². The van der Waals surface area contributed by atoms with Gasteiger partial charge in [-0.05, 0) is 44.7 Å². The van der Waals surface area contributed by atoms with Gasteiger partial charge in [0.2, 0.25) is 0 Å². The summed E-state index contributed by atoms with van der Waals surface area (Å²) in [6, 6.07) is 2.78. The van der Waals surface area contributed by atoms with E-state index >= 15 is 0 Å². The number of aryl methyl sites for hydroxylation is 2. The SMILES string of the molecule is CCCCCn1c(C)cc(C)c(CNC2CCCC2)c1=O. The lowest BCUT2D eigenvalue weighted by atomic mass is 10.1. The third kappa shape index (κ3) is 4.19. The molecule has 1 aliphatic carbocycles. The molecule has 0 amide bonds. The van der Waals surface area contributed by atoms with E-state index in [0.29, 0.717) is 6.04 Å². The van der Waals surface area contributed by atoms with Crippen LogP contribution in [-0.2, 0) is 13.1 Å². The second kappa shape index (κ2) is 7.79. The maximum atomic E-state index is 12.7. The quantitative estimate of drug-likeness (QED) is 0.777. The monoisotopic (exact) mass is 290 g/mol. The minimum atomic E-state index is 0.217. The molecule has 1 saturated carbocycles. The molecule has 1 aromatic rings. The van der Waals surface area contributed by atoms with E-state index in [9.17, 15) is 4.79 Å². The predicted octanol–water partition coefficient (Wildman–Crippen LogP) is 3.69. The molecule has 118 valence electrons. The lowest BCUT2D eigenvalue weighted by molar-refractivity contribution is 0.514. The second-order valence-corrected chi connectivity index (χ2v) is 6.47. The summed E-state index contributed by atoms with van der Waals surface area (Å²) < 4.78 is 1.97. The number of aromatic nitrogens is 1. The summed E-state index contributed by atoms with van der Waals surface area (Å²) in [7, 11) is 0. The van der Waals surface area contributed by atoms with Crippen LogP contribution in [0.2, 0.25) is 0 Å². The fourth-order valence-corrected chi connectivity index (χ4v) is 3.36. The van der Waals surface area contributed by atoms with Crippen molar-refractivity contribution in [3.8, 4) is 0 Å². The van der Waals surface area contributed by atoms with Crippen LogP contribution in [0.25, 0.3) is 0 Å². The maximum absolute atomic E-state index is 12.7. The molecule has 0 saturated heterocycles. The Bertz CT molecular complexity index is 513. The molecule has 3 heteroatoms. The van der Waals surface area contributed by atoms with E-state index in [2.05, 4.69) is 32.2 Å². The zero-order chi connectivity index (χ0) is 15.2. The molecule has 2 rings (SSSR count). The molecule has 1 aromatic heterocycles. The van der Waals surface area contributed by atoms with Crippen LogP contribution in [0.15, 0.2) is 10.9 Å². The normalized spacial score (nSPS) is 15.8. The summed E-state index contributed by atoms with van der Waals surface area (Å²) in [5.74, 6) is 0. The van der Waals surface area contributed by atoms with Crippen molar-refractivity contribution in [3.63, 3.8) is 0 Å². The molecule has 1 N–H and O–H groups in total. The molecule has 1 aliphatic rings. The minimum Gasteiger partial charge on any atom is -0.313 e. The highest BCUT2D eigenvalue weighted by atomic mass is 16.1. The summed E-state index contributed by atoms with van der Waals surface area (Å²) >= 11 is 0. The van der Waals surface area contributed by atoms with Crippen LogP contribution in [0.4, 0.5) is 0 Å². The third-order valence-electron chi connectivity index (χ3n) is 4.74. The Morgan fingerprint density at radius 1 is 1.24 bits per heavy atom. The topological polar surface area (TPSA) is 34.0 Å². The van der Waals surface area contributed by atoms with Gasteiger partial charge < -0.3 is 9.88 Å². The third-order valence-corrected chi connectivity index (χ3v) is 4.74. The van der Waals surface area contributed by atoms with E-state index < -0.39 is 0 Å². The molecule has 21 heavy (non-hydrogen) atoms. The zero-order valence-electron chi connectivity index (χ0n) is 13.9. The molecule has 0 bridgehead atoms. The Balaban J connectivity index is 2.11. The van der Waals surface area contributed by atoms with Gasteiger partial charge in [0.1, 0.15) is 0 Å². The summed E-state index contributed by atoms with van der Waals surface area (Å²) in [6.45, 7) is 7.89. The van der Waals surface area contributed by atoms with Crippen LogP contribution in [0.3, 0.4) is 0 Å². The van der Waals surface area contributed by atoms with Gasteiger partial charge in [-0.2, -0.15) is 0 Å². The Labute approximate surface area is 128 Å². The lowest BCUT2D eigenvalue weighted by Crippen LogP contribution is -2.33. The molecule has 0 spiro atoms. The van der Waals surface area contributed by atoms with E-state index in [0.717, 1.165) is 36.3 Å². The number of unbranched alkanes of at least 4 members (excludes halogenated alkanes) is 2. The number of nitrogens with one attached hydrogen (secondary N) is 1. The van der Waals surface area contributed by atoms with Gasteiger partial charge in [-0.3, -0.25) is 4.79 Å². The fourth-order valence-electron chi connectivity index (χ4n) is 3.36. The van der Waals surface area contributed by atoms with Gasteiger partial charge >= 0.3 is 0 Å². The number of rotatable bonds is 7. The molecular weight excluding hydrogens is 260 g/mol. The number of hydrogen-bond acceptors (Lipinski definition) is 2. The maximum Gasteiger partial charge on any atom is 0.255 e. The van der Waals surface area contributed by atoms with E-state index in [4.69, 9.17) is 0 Å². The molecule has 0 radical (unpaired) electrons. The standard InChI is InChI=1S/C18H30N2O/c1-4-5-8-11-20-15(3)12-14(2)17(18(20)21)13-19-16-9-6-7-10-16/h12,16,19H,4-11,13H2,1-3H3. The van der Waals surface area contributed by atoms with Crippen molar-refractivity contribution in [3.05, 3.63) is 33.2 Å². The number of hydrogen-bond donors (Lipinski definition) is 1. The Morgan fingerprint density at radius 2 is 1.95 bits per heavy atom. The van der Waals surface area contributed by atoms with Gasteiger partial charge in [0.15, 0.2) is 0 Å². The first-order chi connectivity index (χ1) is 10.1. The van der Waals surface area contributed by atoms with Gasteiger partial charge in [-0.1, -0.05) is 32.6 Å². The molecule has 3 nitrogen and oxygen atoms in total. The van der Waals surface area contributed by atoms with Crippen molar-refractivity contribution < 1.29 is 0 Å². The summed E-state index contributed by atoms with van der Waals surface area (Å²) in [5, 5.41) is 3.58. The fraction of sp³-hybridized carbons (Fsp3) is 0.722. The van der Waals surface area contributed by atoms with E-state index in [-0.39, 0.29) is 5.56 Å². The van der Waals surface area contributed by atoms with E-state index in [1.807, 2.05) is 4.57 Å².